The third kappa shape index (κ3) is 3.32. The lowest BCUT2D eigenvalue weighted by Gasteiger charge is -2.15. The lowest BCUT2D eigenvalue weighted by atomic mass is 10.0. The number of benzene rings is 1. The Kier molecular flexibility index (Phi) is 5.34. The average molecular weight is 270 g/mol. The quantitative estimate of drug-likeness (QED) is 0.805. The van der Waals surface area contributed by atoms with Gasteiger partial charge >= 0.3 is 5.97 Å². The number of thioether (sulfide) groups is 1. The zero-order valence-corrected chi connectivity index (χ0v) is 11.8. The summed E-state index contributed by atoms with van der Waals surface area (Å²) in [7, 11) is 3.16. The SMILES string of the molecule is COc1cc(CC(C)C(=O)O)c(SC)cc1OC. The predicted octanol–water partition coefficient (Wildman–Crippen LogP) is 2.69. The van der Waals surface area contributed by atoms with Crippen molar-refractivity contribution in [3.63, 3.8) is 0 Å². The van der Waals surface area contributed by atoms with Crippen molar-refractivity contribution in [2.24, 2.45) is 5.92 Å². The van der Waals surface area contributed by atoms with Crippen molar-refractivity contribution in [2.75, 3.05) is 20.5 Å². The second kappa shape index (κ2) is 6.54. The number of hydrogen-bond donors (Lipinski definition) is 1. The van der Waals surface area contributed by atoms with E-state index in [4.69, 9.17) is 14.6 Å². The number of aliphatic carboxylic acids is 1. The largest absolute Gasteiger partial charge is 0.493 e. The maximum absolute atomic E-state index is 10.9. The van der Waals surface area contributed by atoms with Gasteiger partial charge in [-0.25, -0.2) is 0 Å². The molecule has 1 N–H and O–H groups in total. The molecule has 1 atom stereocenters. The Hall–Kier alpha value is -1.36. The van der Waals surface area contributed by atoms with E-state index in [1.165, 1.54) is 0 Å². The smallest absolute Gasteiger partial charge is 0.306 e. The molecule has 4 nitrogen and oxygen atoms in total. The Morgan fingerprint density at radius 1 is 1.33 bits per heavy atom. The van der Waals surface area contributed by atoms with Crippen LogP contribution in [0.3, 0.4) is 0 Å². The second-order valence-electron chi connectivity index (χ2n) is 3.96. The average Bonchev–Trinajstić information content (AvgIpc) is 2.37. The zero-order chi connectivity index (χ0) is 13.7. The molecule has 1 aromatic rings. The second-order valence-corrected chi connectivity index (χ2v) is 4.81. The third-order valence-electron chi connectivity index (χ3n) is 2.73. The summed E-state index contributed by atoms with van der Waals surface area (Å²) >= 11 is 1.57. The molecule has 5 heteroatoms. The van der Waals surface area contributed by atoms with E-state index in [2.05, 4.69) is 0 Å². The predicted molar refractivity (Wildman–Crippen MR) is 71.8 cm³/mol. The summed E-state index contributed by atoms with van der Waals surface area (Å²) in [4.78, 5) is 11.9. The Morgan fingerprint density at radius 3 is 2.33 bits per heavy atom. The molecule has 0 heterocycles. The molecule has 0 radical (unpaired) electrons. The van der Waals surface area contributed by atoms with Crippen molar-refractivity contribution in [2.45, 2.75) is 18.2 Å². The lowest BCUT2D eigenvalue weighted by molar-refractivity contribution is -0.141. The van der Waals surface area contributed by atoms with Gasteiger partial charge in [0.1, 0.15) is 0 Å². The van der Waals surface area contributed by atoms with Gasteiger partial charge in [-0.05, 0) is 30.4 Å². The molecule has 0 spiro atoms. The van der Waals surface area contributed by atoms with Crippen molar-refractivity contribution >= 4 is 17.7 Å². The minimum Gasteiger partial charge on any atom is -0.493 e. The molecule has 0 aliphatic heterocycles. The molecule has 100 valence electrons. The van der Waals surface area contributed by atoms with E-state index >= 15 is 0 Å². The van der Waals surface area contributed by atoms with Gasteiger partial charge in [0.25, 0.3) is 0 Å². The maximum atomic E-state index is 10.9. The summed E-state index contributed by atoms with van der Waals surface area (Å²) in [6.07, 6.45) is 2.43. The number of hydrogen-bond acceptors (Lipinski definition) is 4. The molecule has 1 unspecified atom stereocenters. The summed E-state index contributed by atoms with van der Waals surface area (Å²) in [5.41, 5.74) is 0.968. The van der Waals surface area contributed by atoms with E-state index in [0.29, 0.717) is 17.9 Å². The highest BCUT2D eigenvalue weighted by Crippen LogP contribution is 2.35. The number of methoxy groups -OCH3 is 2. The lowest BCUT2D eigenvalue weighted by Crippen LogP contribution is -2.13. The first-order valence-corrected chi connectivity index (χ1v) is 6.77. The Morgan fingerprint density at radius 2 is 1.89 bits per heavy atom. The molecule has 0 fully saturated rings. The summed E-state index contributed by atoms with van der Waals surface area (Å²) in [5, 5.41) is 8.97. The standard InChI is InChI=1S/C13H18O4S/c1-8(13(14)15)5-9-6-10(16-2)11(17-3)7-12(9)18-4/h6-8H,5H2,1-4H3,(H,14,15). The van der Waals surface area contributed by atoms with E-state index in [1.807, 2.05) is 18.4 Å². The van der Waals surface area contributed by atoms with E-state index in [0.717, 1.165) is 10.5 Å². The van der Waals surface area contributed by atoms with Crippen LogP contribution in [0, 0.1) is 5.92 Å². The van der Waals surface area contributed by atoms with Gasteiger partial charge < -0.3 is 14.6 Å². The van der Waals surface area contributed by atoms with Gasteiger partial charge in [0.05, 0.1) is 20.1 Å². The monoisotopic (exact) mass is 270 g/mol. The van der Waals surface area contributed by atoms with Crippen molar-refractivity contribution < 1.29 is 19.4 Å². The highest BCUT2D eigenvalue weighted by Gasteiger charge is 2.16. The van der Waals surface area contributed by atoms with Crippen LogP contribution in [0.1, 0.15) is 12.5 Å². The van der Waals surface area contributed by atoms with Crippen LogP contribution < -0.4 is 9.47 Å². The van der Waals surface area contributed by atoms with E-state index in [9.17, 15) is 4.79 Å². The number of carboxylic acid groups (broad SMARTS) is 1. The molecule has 0 amide bonds. The molecule has 0 bridgehead atoms. The molecule has 0 saturated heterocycles. The van der Waals surface area contributed by atoms with Gasteiger partial charge in [-0.2, -0.15) is 0 Å². The van der Waals surface area contributed by atoms with Gasteiger partial charge in [-0.1, -0.05) is 6.92 Å². The molecule has 0 aliphatic carbocycles. The van der Waals surface area contributed by atoms with Gasteiger partial charge in [0, 0.05) is 4.90 Å². The third-order valence-corrected chi connectivity index (χ3v) is 3.55. The number of rotatable bonds is 6. The Bertz CT molecular complexity index is 431. The van der Waals surface area contributed by atoms with E-state index in [1.54, 1.807) is 32.9 Å². The van der Waals surface area contributed by atoms with E-state index in [-0.39, 0.29) is 0 Å². The number of ether oxygens (including phenoxy) is 2. The molecular formula is C13H18O4S. The number of carbonyl (C=O) groups is 1. The first-order valence-electron chi connectivity index (χ1n) is 5.55. The fraction of sp³-hybridized carbons (Fsp3) is 0.462. The van der Waals surface area contributed by atoms with Gasteiger partial charge in [0.2, 0.25) is 0 Å². The van der Waals surface area contributed by atoms with Crippen LogP contribution in [0.5, 0.6) is 11.5 Å². The molecule has 0 aliphatic rings. The number of carboxylic acids is 1. The first kappa shape index (κ1) is 14.7. The molecule has 18 heavy (non-hydrogen) atoms. The highest BCUT2D eigenvalue weighted by molar-refractivity contribution is 7.98. The Labute approximate surface area is 111 Å². The highest BCUT2D eigenvalue weighted by atomic mass is 32.2. The molecule has 0 saturated carbocycles. The summed E-state index contributed by atoms with van der Waals surface area (Å²) in [5.74, 6) is 0.0716. The van der Waals surface area contributed by atoms with Crippen LogP contribution >= 0.6 is 11.8 Å². The molecule has 0 aromatic heterocycles. The van der Waals surface area contributed by atoms with Crippen LogP contribution in [-0.4, -0.2) is 31.6 Å². The minimum absolute atomic E-state index is 0.422. The van der Waals surface area contributed by atoms with Crippen molar-refractivity contribution in [3.8, 4) is 11.5 Å². The fourth-order valence-electron chi connectivity index (χ4n) is 1.67. The summed E-state index contributed by atoms with van der Waals surface area (Å²) in [6.45, 7) is 1.70. The van der Waals surface area contributed by atoms with Crippen LogP contribution in [0.15, 0.2) is 17.0 Å². The summed E-state index contributed by atoms with van der Waals surface area (Å²) in [6, 6.07) is 3.73. The van der Waals surface area contributed by atoms with Gasteiger partial charge in [-0.3, -0.25) is 4.79 Å². The van der Waals surface area contributed by atoms with Gasteiger partial charge in [0.15, 0.2) is 11.5 Å². The first-order chi connectivity index (χ1) is 8.53. The van der Waals surface area contributed by atoms with Crippen molar-refractivity contribution in [1.82, 2.24) is 0 Å². The Balaban J connectivity index is 3.13. The normalized spacial score (nSPS) is 12.0. The van der Waals surface area contributed by atoms with Gasteiger partial charge in [-0.15, -0.1) is 11.8 Å². The zero-order valence-electron chi connectivity index (χ0n) is 11.0. The van der Waals surface area contributed by atoms with Crippen molar-refractivity contribution in [3.05, 3.63) is 17.7 Å². The molecule has 1 aromatic carbocycles. The van der Waals surface area contributed by atoms with Crippen LogP contribution in [0.25, 0.3) is 0 Å². The van der Waals surface area contributed by atoms with E-state index < -0.39 is 11.9 Å². The van der Waals surface area contributed by atoms with Crippen LogP contribution in [0.4, 0.5) is 0 Å². The van der Waals surface area contributed by atoms with Crippen LogP contribution in [0.2, 0.25) is 0 Å². The van der Waals surface area contributed by atoms with Crippen molar-refractivity contribution in [1.29, 1.82) is 0 Å². The topological polar surface area (TPSA) is 55.8 Å². The van der Waals surface area contributed by atoms with Crippen LogP contribution in [-0.2, 0) is 11.2 Å². The maximum Gasteiger partial charge on any atom is 0.306 e. The minimum atomic E-state index is -0.795. The molecule has 1 rings (SSSR count). The summed E-state index contributed by atoms with van der Waals surface area (Å²) < 4.78 is 10.5. The fourth-order valence-corrected chi connectivity index (χ4v) is 2.30. The molecular weight excluding hydrogens is 252 g/mol.